The summed E-state index contributed by atoms with van der Waals surface area (Å²) in [5.74, 6) is 1.46. The first-order valence-corrected chi connectivity index (χ1v) is 5.04. The highest BCUT2D eigenvalue weighted by Gasteiger charge is 2.22. The van der Waals surface area contributed by atoms with Crippen molar-refractivity contribution in [1.29, 1.82) is 0 Å². The standard InChI is InChI=1S/C10H16N4/c1-8-2-4-12-10(13-8)14-5-3-9(6-11)7-14/h2,4,9H,3,5-7,11H2,1H3/t9-/m0/s1. The van der Waals surface area contributed by atoms with Crippen LogP contribution in [0, 0.1) is 12.8 Å². The summed E-state index contributed by atoms with van der Waals surface area (Å²) in [5.41, 5.74) is 6.66. The average molecular weight is 192 g/mol. The Morgan fingerprint density at radius 1 is 1.64 bits per heavy atom. The van der Waals surface area contributed by atoms with Gasteiger partial charge in [0.15, 0.2) is 0 Å². The molecule has 1 fully saturated rings. The van der Waals surface area contributed by atoms with Crippen molar-refractivity contribution in [2.75, 3.05) is 24.5 Å². The zero-order valence-electron chi connectivity index (χ0n) is 8.48. The highest BCUT2D eigenvalue weighted by molar-refractivity contribution is 5.31. The molecule has 1 aromatic rings. The maximum absolute atomic E-state index is 5.64. The van der Waals surface area contributed by atoms with Crippen molar-refractivity contribution in [2.24, 2.45) is 11.7 Å². The monoisotopic (exact) mass is 192 g/mol. The molecule has 0 bridgehead atoms. The van der Waals surface area contributed by atoms with Crippen LogP contribution >= 0.6 is 0 Å². The molecule has 1 atom stereocenters. The Balaban J connectivity index is 2.09. The number of hydrogen-bond acceptors (Lipinski definition) is 4. The van der Waals surface area contributed by atoms with Gasteiger partial charge in [0.2, 0.25) is 5.95 Å². The Kier molecular flexibility index (Phi) is 2.63. The number of nitrogens with zero attached hydrogens (tertiary/aromatic N) is 3. The van der Waals surface area contributed by atoms with E-state index in [1.54, 1.807) is 0 Å². The Morgan fingerprint density at radius 3 is 3.14 bits per heavy atom. The van der Waals surface area contributed by atoms with E-state index in [-0.39, 0.29) is 0 Å². The van der Waals surface area contributed by atoms with E-state index < -0.39 is 0 Å². The van der Waals surface area contributed by atoms with E-state index in [9.17, 15) is 0 Å². The summed E-state index contributed by atoms with van der Waals surface area (Å²) in [6.45, 7) is 4.79. The second kappa shape index (κ2) is 3.92. The summed E-state index contributed by atoms with van der Waals surface area (Å²) in [5, 5.41) is 0. The highest BCUT2D eigenvalue weighted by Crippen LogP contribution is 2.19. The fourth-order valence-electron chi connectivity index (χ4n) is 1.79. The lowest BCUT2D eigenvalue weighted by molar-refractivity contribution is 0.601. The van der Waals surface area contributed by atoms with Crippen LogP contribution in [0.3, 0.4) is 0 Å². The molecule has 14 heavy (non-hydrogen) atoms. The lowest BCUT2D eigenvalue weighted by Gasteiger charge is -2.15. The van der Waals surface area contributed by atoms with Gasteiger partial charge in [-0.2, -0.15) is 0 Å². The molecule has 2 heterocycles. The smallest absolute Gasteiger partial charge is 0.225 e. The van der Waals surface area contributed by atoms with Gasteiger partial charge in [-0.05, 0) is 31.9 Å². The minimum Gasteiger partial charge on any atom is -0.340 e. The van der Waals surface area contributed by atoms with E-state index in [0.29, 0.717) is 5.92 Å². The predicted octanol–water partition coefficient (Wildman–Crippen LogP) is 0.570. The van der Waals surface area contributed by atoms with Crippen LogP contribution in [0.5, 0.6) is 0 Å². The summed E-state index contributed by atoms with van der Waals surface area (Å²) < 4.78 is 0. The Hall–Kier alpha value is -1.16. The van der Waals surface area contributed by atoms with Gasteiger partial charge in [0.1, 0.15) is 0 Å². The fourth-order valence-corrected chi connectivity index (χ4v) is 1.79. The summed E-state index contributed by atoms with van der Waals surface area (Å²) in [4.78, 5) is 10.9. The Bertz CT molecular complexity index is 313. The topological polar surface area (TPSA) is 55.0 Å². The van der Waals surface area contributed by atoms with Crippen molar-refractivity contribution in [3.05, 3.63) is 18.0 Å². The minimum absolute atomic E-state index is 0.610. The SMILES string of the molecule is Cc1ccnc(N2CC[C@@H](CN)C2)n1. The van der Waals surface area contributed by atoms with Crippen LogP contribution in [-0.2, 0) is 0 Å². The van der Waals surface area contributed by atoms with E-state index in [2.05, 4.69) is 14.9 Å². The van der Waals surface area contributed by atoms with Crippen molar-refractivity contribution >= 4 is 5.95 Å². The molecule has 0 saturated carbocycles. The fraction of sp³-hybridized carbons (Fsp3) is 0.600. The van der Waals surface area contributed by atoms with E-state index in [4.69, 9.17) is 5.73 Å². The van der Waals surface area contributed by atoms with Gasteiger partial charge < -0.3 is 10.6 Å². The summed E-state index contributed by atoms with van der Waals surface area (Å²) in [6, 6.07) is 1.92. The molecular formula is C10H16N4. The summed E-state index contributed by atoms with van der Waals surface area (Å²) in [7, 11) is 0. The van der Waals surface area contributed by atoms with Crippen molar-refractivity contribution in [1.82, 2.24) is 9.97 Å². The maximum atomic E-state index is 5.64. The number of hydrogen-bond donors (Lipinski definition) is 1. The zero-order valence-corrected chi connectivity index (χ0v) is 8.48. The van der Waals surface area contributed by atoms with Crippen LogP contribution in [0.2, 0.25) is 0 Å². The van der Waals surface area contributed by atoms with E-state index in [0.717, 1.165) is 37.7 Å². The third-order valence-electron chi connectivity index (χ3n) is 2.68. The van der Waals surface area contributed by atoms with Gasteiger partial charge in [0, 0.05) is 25.0 Å². The van der Waals surface area contributed by atoms with Gasteiger partial charge in [0.05, 0.1) is 0 Å². The number of anilines is 1. The average Bonchev–Trinajstić information content (AvgIpc) is 2.66. The quantitative estimate of drug-likeness (QED) is 0.744. The molecule has 2 N–H and O–H groups in total. The van der Waals surface area contributed by atoms with Gasteiger partial charge in [-0.1, -0.05) is 0 Å². The zero-order chi connectivity index (χ0) is 9.97. The second-order valence-corrected chi connectivity index (χ2v) is 3.83. The maximum Gasteiger partial charge on any atom is 0.225 e. The highest BCUT2D eigenvalue weighted by atomic mass is 15.3. The molecule has 0 aromatic carbocycles. The van der Waals surface area contributed by atoms with Crippen LogP contribution < -0.4 is 10.6 Å². The molecule has 1 aliphatic heterocycles. The Labute approximate surface area is 84.2 Å². The second-order valence-electron chi connectivity index (χ2n) is 3.83. The normalized spacial score (nSPS) is 21.6. The molecule has 1 saturated heterocycles. The number of nitrogens with two attached hydrogens (primary N) is 1. The van der Waals surface area contributed by atoms with Crippen LogP contribution in [0.4, 0.5) is 5.95 Å². The molecule has 0 aliphatic carbocycles. The van der Waals surface area contributed by atoms with Gasteiger partial charge in [-0.3, -0.25) is 0 Å². The van der Waals surface area contributed by atoms with Gasteiger partial charge in [-0.15, -0.1) is 0 Å². The molecule has 76 valence electrons. The van der Waals surface area contributed by atoms with Gasteiger partial charge >= 0.3 is 0 Å². The van der Waals surface area contributed by atoms with Gasteiger partial charge in [-0.25, -0.2) is 9.97 Å². The third-order valence-corrected chi connectivity index (χ3v) is 2.68. The van der Waals surface area contributed by atoms with Crippen LogP contribution in [-0.4, -0.2) is 29.6 Å². The van der Waals surface area contributed by atoms with Gasteiger partial charge in [0.25, 0.3) is 0 Å². The lowest BCUT2D eigenvalue weighted by atomic mass is 10.1. The number of aromatic nitrogens is 2. The van der Waals surface area contributed by atoms with Crippen LogP contribution in [0.15, 0.2) is 12.3 Å². The van der Waals surface area contributed by atoms with E-state index >= 15 is 0 Å². The largest absolute Gasteiger partial charge is 0.340 e. The number of rotatable bonds is 2. The van der Waals surface area contributed by atoms with Crippen LogP contribution in [0.25, 0.3) is 0 Å². The van der Waals surface area contributed by atoms with Crippen LogP contribution in [0.1, 0.15) is 12.1 Å². The van der Waals surface area contributed by atoms with Crippen molar-refractivity contribution in [2.45, 2.75) is 13.3 Å². The first-order chi connectivity index (χ1) is 6.79. The summed E-state index contributed by atoms with van der Waals surface area (Å²) >= 11 is 0. The predicted molar refractivity (Wildman–Crippen MR) is 56.1 cm³/mol. The van der Waals surface area contributed by atoms with Crippen molar-refractivity contribution in [3.8, 4) is 0 Å². The molecule has 1 aromatic heterocycles. The molecule has 0 spiro atoms. The molecule has 0 radical (unpaired) electrons. The molecular weight excluding hydrogens is 176 g/mol. The molecule has 4 nitrogen and oxygen atoms in total. The molecule has 4 heteroatoms. The van der Waals surface area contributed by atoms with E-state index in [1.165, 1.54) is 0 Å². The molecule has 2 rings (SSSR count). The molecule has 0 unspecified atom stereocenters. The lowest BCUT2D eigenvalue weighted by Crippen LogP contribution is -2.24. The molecule has 1 aliphatic rings. The van der Waals surface area contributed by atoms with E-state index in [1.807, 2.05) is 19.2 Å². The molecule has 0 amide bonds. The summed E-state index contributed by atoms with van der Waals surface area (Å²) in [6.07, 6.45) is 2.97. The van der Waals surface area contributed by atoms with Crippen molar-refractivity contribution < 1.29 is 0 Å². The number of aryl methyl sites for hydroxylation is 1. The Morgan fingerprint density at radius 2 is 2.50 bits per heavy atom. The first-order valence-electron chi connectivity index (χ1n) is 5.04. The first kappa shape index (κ1) is 9.40. The third kappa shape index (κ3) is 1.85. The van der Waals surface area contributed by atoms with Crippen molar-refractivity contribution in [3.63, 3.8) is 0 Å². The minimum atomic E-state index is 0.610.